The van der Waals surface area contributed by atoms with E-state index in [2.05, 4.69) is 16.5 Å². The van der Waals surface area contributed by atoms with Gasteiger partial charge >= 0.3 is 0 Å². The van der Waals surface area contributed by atoms with Crippen molar-refractivity contribution in [3.63, 3.8) is 0 Å². The molecule has 0 radical (unpaired) electrons. The number of piperidine rings is 1. The molecule has 0 N–H and O–H groups in total. The molecule has 1 aliphatic rings. The van der Waals surface area contributed by atoms with E-state index in [4.69, 9.17) is 9.26 Å². The zero-order valence-corrected chi connectivity index (χ0v) is 15.3. The SMILES string of the molecule is C=CCn1oc(CN2CCC(Oc3ccnc4ccsc34)CC2)cc1=O. The number of pyridine rings is 1. The third kappa shape index (κ3) is 3.59. The summed E-state index contributed by atoms with van der Waals surface area (Å²) in [5, 5.41) is 2.04. The minimum Gasteiger partial charge on any atom is -0.489 e. The van der Waals surface area contributed by atoms with Crippen molar-refractivity contribution < 1.29 is 9.26 Å². The van der Waals surface area contributed by atoms with Crippen LogP contribution in [0.2, 0.25) is 0 Å². The molecule has 0 amide bonds. The molecule has 136 valence electrons. The molecule has 7 heteroatoms. The molecule has 0 saturated carbocycles. The van der Waals surface area contributed by atoms with E-state index in [9.17, 15) is 4.79 Å². The number of hydrogen-bond donors (Lipinski definition) is 0. The van der Waals surface area contributed by atoms with Crippen molar-refractivity contribution in [1.82, 2.24) is 14.6 Å². The van der Waals surface area contributed by atoms with Crippen molar-refractivity contribution in [2.24, 2.45) is 0 Å². The van der Waals surface area contributed by atoms with Crippen LogP contribution >= 0.6 is 11.3 Å². The Morgan fingerprint density at radius 3 is 3.04 bits per heavy atom. The van der Waals surface area contributed by atoms with E-state index >= 15 is 0 Å². The fraction of sp³-hybridized carbons (Fsp3) is 0.368. The Morgan fingerprint density at radius 1 is 1.38 bits per heavy atom. The van der Waals surface area contributed by atoms with Crippen LogP contribution in [0, 0.1) is 0 Å². The van der Waals surface area contributed by atoms with E-state index < -0.39 is 0 Å². The van der Waals surface area contributed by atoms with Gasteiger partial charge in [0.05, 0.1) is 23.3 Å². The third-order valence-electron chi connectivity index (χ3n) is 4.57. The van der Waals surface area contributed by atoms with E-state index in [1.807, 2.05) is 17.5 Å². The Bertz CT molecular complexity index is 950. The van der Waals surface area contributed by atoms with E-state index in [0.717, 1.165) is 41.9 Å². The summed E-state index contributed by atoms with van der Waals surface area (Å²) in [6.45, 7) is 6.52. The van der Waals surface area contributed by atoms with E-state index in [1.165, 1.54) is 4.74 Å². The zero-order chi connectivity index (χ0) is 17.9. The summed E-state index contributed by atoms with van der Waals surface area (Å²) in [6, 6.07) is 5.53. The summed E-state index contributed by atoms with van der Waals surface area (Å²) in [5.74, 6) is 1.63. The van der Waals surface area contributed by atoms with Crippen molar-refractivity contribution in [3.05, 3.63) is 58.5 Å². The van der Waals surface area contributed by atoms with Crippen molar-refractivity contribution in [1.29, 1.82) is 0 Å². The minimum atomic E-state index is -0.115. The lowest BCUT2D eigenvalue weighted by Gasteiger charge is -2.31. The van der Waals surface area contributed by atoms with Gasteiger partial charge in [0, 0.05) is 25.4 Å². The van der Waals surface area contributed by atoms with Crippen LogP contribution in [0.1, 0.15) is 18.6 Å². The summed E-state index contributed by atoms with van der Waals surface area (Å²) < 4.78 is 14.2. The monoisotopic (exact) mass is 371 g/mol. The number of allylic oxidation sites excluding steroid dienone is 1. The molecular formula is C19H21N3O3S. The first-order chi connectivity index (χ1) is 12.7. The smallest absolute Gasteiger partial charge is 0.283 e. The maximum atomic E-state index is 11.8. The maximum absolute atomic E-state index is 11.8. The van der Waals surface area contributed by atoms with E-state index in [0.29, 0.717) is 18.8 Å². The number of rotatable bonds is 6. The molecule has 0 spiro atoms. The summed E-state index contributed by atoms with van der Waals surface area (Å²) in [5.41, 5.74) is 0.875. The van der Waals surface area contributed by atoms with Crippen LogP contribution in [0.4, 0.5) is 0 Å². The molecule has 0 aliphatic carbocycles. The standard InChI is InChI=1S/C19H21N3O3S/c1-2-8-22-18(23)12-15(25-22)13-21-9-4-14(5-10-21)24-17-3-7-20-16-6-11-26-19(16)17/h2-3,6-7,11-12,14H,1,4-5,8-10,13H2. The Morgan fingerprint density at radius 2 is 2.23 bits per heavy atom. The van der Waals surface area contributed by atoms with Crippen LogP contribution in [-0.4, -0.2) is 33.8 Å². The van der Waals surface area contributed by atoms with Crippen LogP contribution < -0.4 is 10.3 Å². The number of thiophene rings is 1. The normalized spacial score (nSPS) is 16.2. The first kappa shape index (κ1) is 17.1. The zero-order valence-electron chi connectivity index (χ0n) is 14.5. The first-order valence-corrected chi connectivity index (χ1v) is 9.63. The predicted octanol–water partition coefficient (Wildman–Crippen LogP) is 3.28. The van der Waals surface area contributed by atoms with Gasteiger partial charge in [-0.2, -0.15) is 4.74 Å². The highest BCUT2D eigenvalue weighted by atomic mass is 32.1. The lowest BCUT2D eigenvalue weighted by atomic mass is 10.1. The number of likely N-dealkylation sites (tertiary alicyclic amines) is 1. The van der Waals surface area contributed by atoms with Crippen molar-refractivity contribution in [3.8, 4) is 5.75 Å². The van der Waals surface area contributed by atoms with Gasteiger partial charge in [0.15, 0.2) is 5.76 Å². The van der Waals surface area contributed by atoms with Crippen LogP contribution in [0.5, 0.6) is 5.75 Å². The lowest BCUT2D eigenvalue weighted by molar-refractivity contribution is 0.0902. The molecule has 4 rings (SSSR count). The van der Waals surface area contributed by atoms with Gasteiger partial charge in [-0.15, -0.1) is 17.9 Å². The van der Waals surface area contributed by atoms with Gasteiger partial charge in [0.1, 0.15) is 11.9 Å². The van der Waals surface area contributed by atoms with Gasteiger partial charge in [0.25, 0.3) is 5.56 Å². The number of fused-ring (bicyclic) bond motifs is 1. The summed E-state index contributed by atoms with van der Waals surface area (Å²) >= 11 is 1.66. The summed E-state index contributed by atoms with van der Waals surface area (Å²) in [6.07, 6.45) is 5.56. The predicted molar refractivity (Wildman–Crippen MR) is 102 cm³/mol. The van der Waals surface area contributed by atoms with Gasteiger partial charge in [-0.25, -0.2) is 0 Å². The third-order valence-corrected chi connectivity index (χ3v) is 5.49. The second-order valence-corrected chi connectivity index (χ2v) is 7.34. The maximum Gasteiger partial charge on any atom is 0.283 e. The minimum absolute atomic E-state index is 0.115. The molecule has 0 unspecified atom stereocenters. The van der Waals surface area contributed by atoms with E-state index in [-0.39, 0.29) is 11.7 Å². The molecule has 0 bridgehead atoms. The van der Waals surface area contributed by atoms with Gasteiger partial charge < -0.3 is 9.26 Å². The number of ether oxygens (including phenoxy) is 1. The molecule has 3 aromatic rings. The number of hydrogen-bond acceptors (Lipinski definition) is 6. The molecule has 0 aromatic carbocycles. The molecule has 1 fully saturated rings. The first-order valence-electron chi connectivity index (χ1n) is 8.75. The highest BCUT2D eigenvalue weighted by Crippen LogP contribution is 2.31. The average molecular weight is 371 g/mol. The molecule has 1 saturated heterocycles. The molecule has 0 atom stereocenters. The fourth-order valence-corrected chi connectivity index (χ4v) is 4.08. The Balaban J connectivity index is 1.34. The molecule has 6 nitrogen and oxygen atoms in total. The molecular weight excluding hydrogens is 350 g/mol. The Kier molecular flexibility index (Phi) is 4.90. The summed E-state index contributed by atoms with van der Waals surface area (Å²) in [7, 11) is 0. The van der Waals surface area contributed by atoms with Crippen LogP contribution in [-0.2, 0) is 13.1 Å². The quantitative estimate of drug-likeness (QED) is 0.622. The van der Waals surface area contributed by atoms with Gasteiger partial charge in [-0.1, -0.05) is 6.08 Å². The van der Waals surface area contributed by atoms with Crippen LogP contribution in [0.15, 0.2) is 51.7 Å². The van der Waals surface area contributed by atoms with Crippen molar-refractivity contribution in [2.45, 2.75) is 32.0 Å². The highest BCUT2D eigenvalue weighted by molar-refractivity contribution is 7.17. The summed E-state index contributed by atoms with van der Waals surface area (Å²) in [4.78, 5) is 18.4. The second kappa shape index (κ2) is 7.47. The highest BCUT2D eigenvalue weighted by Gasteiger charge is 2.22. The fourth-order valence-electron chi connectivity index (χ4n) is 3.27. The topological polar surface area (TPSA) is 60.5 Å². The molecule has 3 aromatic heterocycles. The average Bonchev–Trinajstić information content (AvgIpc) is 3.25. The second-order valence-electron chi connectivity index (χ2n) is 6.43. The van der Waals surface area contributed by atoms with E-state index in [1.54, 1.807) is 29.7 Å². The van der Waals surface area contributed by atoms with Crippen molar-refractivity contribution >= 4 is 21.6 Å². The number of nitrogens with zero attached hydrogens (tertiary/aromatic N) is 3. The van der Waals surface area contributed by atoms with Gasteiger partial charge in [-0.05, 0) is 30.4 Å². The van der Waals surface area contributed by atoms with Crippen molar-refractivity contribution in [2.75, 3.05) is 13.1 Å². The molecule has 1 aliphatic heterocycles. The number of aromatic nitrogens is 2. The lowest BCUT2D eigenvalue weighted by Crippen LogP contribution is -2.37. The molecule has 26 heavy (non-hydrogen) atoms. The van der Waals surface area contributed by atoms with Gasteiger partial charge in [-0.3, -0.25) is 14.7 Å². The van der Waals surface area contributed by atoms with Gasteiger partial charge in [0.2, 0.25) is 0 Å². The van der Waals surface area contributed by atoms with Crippen LogP contribution in [0.3, 0.4) is 0 Å². The Hall–Kier alpha value is -2.38. The molecule has 4 heterocycles. The van der Waals surface area contributed by atoms with Crippen LogP contribution in [0.25, 0.3) is 10.2 Å². The largest absolute Gasteiger partial charge is 0.489 e. The Labute approximate surface area is 155 Å².